The summed E-state index contributed by atoms with van der Waals surface area (Å²) in [5.41, 5.74) is 2.69. The van der Waals surface area contributed by atoms with Crippen molar-refractivity contribution in [2.75, 3.05) is 19.0 Å². The number of carbonyl (C=O) groups is 2. The van der Waals surface area contributed by atoms with Gasteiger partial charge in [0.25, 0.3) is 0 Å². The molecule has 0 saturated heterocycles. The zero-order valence-corrected chi connectivity index (χ0v) is 22.3. The second-order valence-electron chi connectivity index (χ2n) is 8.87. The summed E-state index contributed by atoms with van der Waals surface area (Å²) in [6.07, 6.45) is 7.58. The lowest BCUT2D eigenvalue weighted by Crippen LogP contribution is -2.07. The number of thioether (sulfide) groups is 1. The van der Waals surface area contributed by atoms with Crippen LogP contribution in [0.1, 0.15) is 30.4 Å². The first kappa shape index (κ1) is 27.9. The van der Waals surface area contributed by atoms with Crippen LogP contribution in [-0.2, 0) is 16.1 Å². The molecule has 0 amide bonds. The third-order valence-corrected chi connectivity index (χ3v) is 6.97. The zero-order valence-electron chi connectivity index (χ0n) is 21.5. The summed E-state index contributed by atoms with van der Waals surface area (Å²) >= 11 is 1.42. The predicted octanol–water partition coefficient (Wildman–Crippen LogP) is 6.70. The molecule has 0 aliphatic heterocycles. The van der Waals surface area contributed by atoms with Gasteiger partial charge in [-0.25, -0.2) is 0 Å². The number of fused-ring (bicyclic) bond motifs is 1. The lowest BCUT2D eigenvalue weighted by molar-refractivity contribution is -0.138. The van der Waals surface area contributed by atoms with Crippen LogP contribution in [0.5, 0.6) is 11.5 Å². The summed E-state index contributed by atoms with van der Waals surface area (Å²) < 4.78 is 13.3. The summed E-state index contributed by atoms with van der Waals surface area (Å²) in [7, 11) is 0. The summed E-state index contributed by atoms with van der Waals surface area (Å²) in [6, 6.07) is 23.4. The van der Waals surface area contributed by atoms with Gasteiger partial charge in [0.1, 0.15) is 18.0 Å². The third kappa shape index (κ3) is 8.41. The first-order valence-electron chi connectivity index (χ1n) is 12.8. The van der Waals surface area contributed by atoms with E-state index < -0.39 is 11.9 Å². The van der Waals surface area contributed by atoms with Gasteiger partial charge < -0.3 is 24.3 Å². The number of benzene rings is 3. The van der Waals surface area contributed by atoms with Gasteiger partial charge in [0, 0.05) is 22.2 Å². The Bertz CT molecular complexity index is 1410. The molecule has 0 spiro atoms. The van der Waals surface area contributed by atoms with E-state index in [4.69, 9.17) is 14.6 Å². The Kier molecular flexibility index (Phi) is 10.1. The number of rotatable bonds is 15. The second kappa shape index (κ2) is 14.1. The SMILES string of the molecule is O=C(O)CCSc1cn(CC(=O)O)c2c(C=Cc3ccc(OCCCCOc4ccccc4)cc3)cccc12. The molecule has 39 heavy (non-hydrogen) atoms. The minimum absolute atomic E-state index is 0.0399. The number of hydrogen-bond acceptors (Lipinski definition) is 5. The van der Waals surface area contributed by atoms with E-state index >= 15 is 0 Å². The molecule has 7 nitrogen and oxygen atoms in total. The van der Waals surface area contributed by atoms with E-state index in [0.29, 0.717) is 19.0 Å². The molecule has 0 saturated carbocycles. The van der Waals surface area contributed by atoms with Crippen molar-refractivity contribution in [2.45, 2.75) is 30.7 Å². The van der Waals surface area contributed by atoms with Gasteiger partial charge in [-0.1, -0.05) is 60.7 Å². The number of para-hydroxylation sites is 2. The van der Waals surface area contributed by atoms with Crippen molar-refractivity contribution in [3.8, 4) is 11.5 Å². The topological polar surface area (TPSA) is 98.0 Å². The largest absolute Gasteiger partial charge is 0.494 e. The fraction of sp³-hybridized carbons (Fsp3) is 0.226. The standard InChI is InChI=1S/C31H31NO6S/c33-29(34)17-20-39-28-21-32(22-30(35)36)31-24(7-6-10-27(28)31)14-11-23-12-15-26(16-13-23)38-19-5-4-18-37-25-8-2-1-3-9-25/h1-3,6-16,21H,4-5,17-20,22H2,(H,33,34)(H,35,36). The normalized spacial score (nSPS) is 11.2. The highest BCUT2D eigenvalue weighted by atomic mass is 32.2. The molecule has 0 aliphatic carbocycles. The molecule has 0 radical (unpaired) electrons. The molecule has 4 rings (SSSR count). The van der Waals surface area contributed by atoms with E-state index in [9.17, 15) is 14.7 Å². The van der Waals surface area contributed by atoms with Crippen LogP contribution in [0, 0.1) is 0 Å². The van der Waals surface area contributed by atoms with Crippen LogP contribution in [0.25, 0.3) is 23.1 Å². The number of carboxylic acids is 2. The molecule has 3 aromatic carbocycles. The number of aromatic nitrogens is 1. The van der Waals surface area contributed by atoms with Gasteiger partial charge in [0.15, 0.2) is 0 Å². The van der Waals surface area contributed by atoms with Crippen molar-refractivity contribution in [3.63, 3.8) is 0 Å². The number of hydrogen-bond donors (Lipinski definition) is 2. The lowest BCUT2D eigenvalue weighted by atomic mass is 10.1. The van der Waals surface area contributed by atoms with Crippen molar-refractivity contribution >= 4 is 46.8 Å². The first-order chi connectivity index (χ1) is 19.0. The average Bonchev–Trinajstić information content (AvgIpc) is 3.27. The predicted molar refractivity (Wildman–Crippen MR) is 155 cm³/mol. The summed E-state index contributed by atoms with van der Waals surface area (Å²) in [4.78, 5) is 23.3. The van der Waals surface area contributed by atoms with Crippen LogP contribution < -0.4 is 9.47 Å². The van der Waals surface area contributed by atoms with Gasteiger partial charge in [-0.3, -0.25) is 9.59 Å². The number of ether oxygens (including phenoxy) is 2. The highest BCUT2D eigenvalue weighted by Gasteiger charge is 2.14. The van der Waals surface area contributed by atoms with Gasteiger partial charge in [-0.2, -0.15) is 0 Å². The van der Waals surface area contributed by atoms with Gasteiger partial charge >= 0.3 is 11.9 Å². The van der Waals surface area contributed by atoms with Crippen molar-refractivity contribution in [3.05, 3.63) is 90.1 Å². The van der Waals surface area contributed by atoms with E-state index in [1.54, 1.807) is 10.8 Å². The number of nitrogens with zero attached hydrogens (tertiary/aromatic N) is 1. The molecule has 0 aliphatic rings. The molecule has 202 valence electrons. The average molecular weight is 546 g/mol. The maximum absolute atomic E-state index is 11.5. The van der Waals surface area contributed by atoms with Crippen LogP contribution in [0.15, 0.2) is 83.9 Å². The summed E-state index contributed by atoms with van der Waals surface area (Å²) in [6.45, 7) is 1.09. The fourth-order valence-electron chi connectivity index (χ4n) is 4.09. The molecule has 0 fully saturated rings. The number of carboxylic acid groups (broad SMARTS) is 2. The quantitative estimate of drug-likeness (QED) is 0.0974. The number of aliphatic carboxylic acids is 2. The van der Waals surface area contributed by atoms with Crippen LogP contribution in [-0.4, -0.2) is 45.7 Å². The molecule has 1 heterocycles. The van der Waals surface area contributed by atoms with E-state index in [0.717, 1.165) is 51.3 Å². The zero-order chi connectivity index (χ0) is 27.5. The Balaban J connectivity index is 1.36. The van der Waals surface area contributed by atoms with E-state index in [1.165, 1.54) is 11.8 Å². The lowest BCUT2D eigenvalue weighted by Gasteiger charge is -2.08. The molecular weight excluding hydrogens is 514 g/mol. The Morgan fingerprint density at radius 2 is 1.49 bits per heavy atom. The van der Waals surface area contributed by atoms with Crippen molar-refractivity contribution in [1.82, 2.24) is 4.57 Å². The monoisotopic (exact) mass is 545 g/mol. The van der Waals surface area contributed by atoms with Crippen molar-refractivity contribution < 1.29 is 29.3 Å². The smallest absolute Gasteiger partial charge is 0.323 e. The molecule has 4 aromatic rings. The van der Waals surface area contributed by atoms with Crippen molar-refractivity contribution in [2.24, 2.45) is 0 Å². The van der Waals surface area contributed by atoms with Crippen LogP contribution in [0.3, 0.4) is 0 Å². The maximum Gasteiger partial charge on any atom is 0.323 e. The third-order valence-electron chi connectivity index (χ3n) is 5.93. The van der Waals surface area contributed by atoms with Gasteiger partial charge in [-0.15, -0.1) is 11.8 Å². The molecule has 0 bridgehead atoms. The summed E-state index contributed by atoms with van der Waals surface area (Å²) in [5, 5.41) is 19.3. The molecule has 0 unspecified atom stereocenters. The van der Waals surface area contributed by atoms with Crippen molar-refractivity contribution in [1.29, 1.82) is 0 Å². The van der Waals surface area contributed by atoms with E-state index in [2.05, 4.69) is 0 Å². The minimum Gasteiger partial charge on any atom is -0.494 e. The fourth-order valence-corrected chi connectivity index (χ4v) is 5.11. The molecule has 1 aromatic heterocycles. The minimum atomic E-state index is -0.938. The Labute approximate surface area is 231 Å². The molecule has 2 N–H and O–H groups in total. The molecular formula is C31H31NO6S. The summed E-state index contributed by atoms with van der Waals surface area (Å²) in [5.74, 6) is 0.301. The van der Waals surface area contributed by atoms with Gasteiger partial charge in [-0.05, 0) is 48.2 Å². The van der Waals surface area contributed by atoms with E-state index in [-0.39, 0.29) is 13.0 Å². The molecule has 8 heteroatoms. The van der Waals surface area contributed by atoms with Gasteiger partial charge in [0.2, 0.25) is 0 Å². The number of unbranched alkanes of at least 4 members (excludes halogenated alkanes) is 1. The second-order valence-corrected chi connectivity index (χ2v) is 10.0. The highest BCUT2D eigenvalue weighted by molar-refractivity contribution is 7.99. The van der Waals surface area contributed by atoms with Crippen LogP contribution in [0.2, 0.25) is 0 Å². The van der Waals surface area contributed by atoms with E-state index in [1.807, 2.05) is 84.9 Å². The van der Waals surface area contributed by atoms with Crippen LogP contribution >= 0.6 is 11.8 Å². The Hall–Kier alpha value is -4.17. The highest BCUT2D eigenvalue weighted by Crippen LogP contribution is 2.33. The molecule has 0 atom stereocenters. The first-order valence-corrected chi connectivity index (χ1v) is 13.8. The van der Waals surface area contributed by atoms with Gasteiger partial charge in [0.05, 0.1) is 25.2 Å². The maximum atomic E-state index is 11.5. The Morgan fingerprint density at radius 1 is 0.795 bits per heavy atom. The Morgan fingerprint density at radius 3 is 2.15 bits per heavy atom. The van der Waals surface area contributed by atoms with Crippen LogP contribution in [0.4, 0.5) is 0 Å².